The first-order chi connectivity index (χ1) is 11.0. The van der Waals surface area contributed by atoms with E-state index >= 15 is 0 Å². The van der Waals surface area contributed by atoms with Crippen molar-refractivity contribution in [2.45, 2.75) is 46.0 Å². The first kappa shape index (κ1) is 21.5. The summed E-state index contributed by atoms with van der Waals surface area (Å²) in [5, 5.41) is 16.2. The van der Waals surface area contributed by atoms with Crippen molar-refractivity contribution >= 4 is 35.8 Å². The molecule has 2 saturated heterocycles. The van der Waals surface area contributed by atoms with Crippen LogP contribution in [0.25, 0.3) is 0 Å². The van der Waals surface area contributed by atoms with Crippen molar-refractivity contribution in [2.24, 2.45) is 15.8 Å². The Morgan fingerprint density at radius 3 is 2.67 bits per heavy atom. The highest BCUT2D eigenvalue weighted by Gasteiger charge is 2.42. The molecule has 0 bridgehead atoms. The van der Waals surface area contributed by atoms with Crippen molar-refractivity contribution in [1.82, 2.24) is 15.5 Å². The van der Waals surface area contributed by atoms with Gasteiger partial charge in [0.25, 0.3) is 0 Å². The van der Waals surface area contributed by atoms with Gasteiger partial charge < -0.3 is 20.6 Å². The van der Waals surface area contributed by atoms with E-state index in [9.17, 15) is 9.90 Å². The Morgan fingerprint density at radius 1 is 1.46 bits per heavy atom. The number of hydrogen-bond acceptors (Lipinski definition) is 3. The number of likely N-dealkylation sites (tertiary alicyclic amines) is 1. The average molecular weight is 452 g/mol. The maximum absolute atomic E-state index is 11.6. The molecule has 3 N–H and O–H groups in total. The van der Waals surface area contributed by atoms with Crippen molar-refractivity contribution in [3.63, 3.8) is 0 Å². The van der Waals surface area contributed by atoms with Crippen LogP contribution in [0.15, 0.2) is 4.99 Å². The number of aliphatic hydroxyl groups is 1. The number of amides is 1. The molecule has 6 nitrogen and oxygen atoms in total. The average Bonchev–Trinajstić information content (AvgIpc) is 2.92. The van der Waals surface area contributed by atoms with Gasteiger partial charge in [0.15, 0.2) is 5.96 Å². The molecule has 0 radical (unpaired) electrons. The second-order valence-electron chi connectivity index (χ2n) is 7.24. The van der Waals surface area contributed by atoms with Crippen LogP contribution in [0.3, 0.4) is 0 Å². The lowest BCUT2D eigenvalue weighted by Crippen LogP contribution is -2.53. The normalized spacial score (nSPS) is 24.8. The van der Waals surface area contributed by atoms with Gasteiger partial charge in [-0.3, -0.25) is 9.79 Å². The van der Waals surface area contributed by atoms with Crippen LogP contribution in [0, 0.1) is 10.8 Å². The molecule has 2 aliphatic heterocycles. The number of halogens is 1. The first-order valence-electron chi connectivity index (χ1n) is 8.85. The van der Waals surface area contributed by atoms with Crippen molar-refractivity contribution in [3.05, 3.63) is 0 Å². The number of guanidine groups is 1. The van der Waals surface area contributed by atoms with E-state index in [-0.39, 0.29) is 47.3 Å². The van der Waals surface area contributed by atoms with Gasteiger partial charge in [-0.15, -0.1) is 24.0 Å². The van der Waals surface area contributed by atoms with Crippen LogP contribution in [0.4, 0.5) is 0 Å². The molecular formula is C17H33IN4O2. The van der Waals surface area contributed by atoms with E-state index < -0.39 is 0 Å². The second-order valence-corrected chi connectivity index (χ2v) is 7.24. The molecule has 0 aromatic carbocycles. The van der Waals surface area contributed by atoms with Crippen LogP contribution in [0.2, 0.25) is 0 Å². The molecule has 1 amide bonds. The summed E-state index contributed by atoms with van der Waals surface area (Å²) in [4.78, 5) is 18.3. The number of piperidine rings is 1. The van der Waals surface area contributed by atoms with Crippen molar-refractivity contribution in [2.75, 3.05) is 39.8 Å². The Labute approximate surface area is 162 Å². The van der Waals surface area contributed by atoms with Crippen LogP contribution >= 0.6 is 24.0 Å². The molecule has 0 aromatic rings. The van der Waals surface area contributed by atoms with Gasteiger partial charge in [0.1, 0.15) is 0 Å². The molecule has 1 spiro atoms. The molecule has 0 saturated carbocycles. The van der Waals surface area contributed by atoms with Gasteiger partial charge in [0.05, 0.1) is 6.61 Å². The minimum absolute atomic E-state index is 0. The summed E-state index contributed by atoms with van der Waals surface area (Å²) in [5.74, 6) is 1.06. The molecule has 2 heterocycles. The lowest BCUT2D eigenvalue weighted by molar-refractivity contribution is -0.119. The van der Waals surface area contributed by atoms with Gasteiger partial charge in [0, 0.05) is 50.5 Å². The van der Waals surface area contributed by atoms with Crippen molar-refractivity contribution < 1.29 is 9.90 Å². The lowest BCUT2D eigenvalue weighted by atomic mass is 9.79. The summed E-state index contributed by atoms with van der Waals surface area (Å²) in [6.07, 6.45) is 4.69. The fourth-order valence-electron chi connectivity index (χ4n) is 3.81. The summed E-state index contributed by atoms with van der Waals surface area (Å²) < 4.78 is 0. The number of aliphatic imine (C=N–C) groups is 1. The number of rotatable bonds is 5. The Morgan fingerprint density at radius 2 is 2.17 bits per heavy atom. The van der Waals surface area contributed by atoms with Crippen molar-refractivity contribution in [1.29, 1.82) is 0 Å². The zero-order chi connectivity index (χ0) is 16.9. The number of aliphatic hydroxyl groups excluding tert-OH is 1. The molecule has 2 fully saturated rings. The van der Waals surface area contributed by atoms with Crippen molar-refractivity contribution in [3.8, 4) is 0 Å². The Kier molecular flexibility index (Phi) is 8.25. The maximum Gasteiger partial charge on any atom is 0.220 e. The van der Waals surface area contributed by atoms with E-state index in [2.05, 4.69) is 34.4 Å². The molecule has 0 aromatic heterocycles. The number of nitrogens with one attached hydrogen (secondary N) is 2. The van der Waals surface area contributed by atoms with Crippen LogP contribution in [-0.4, -0.2) is 61.7 Å². The predicted octanol–water partition coefficient (Wildman–Crippen LogP) is 1.58. The monoisotopic (exact) mass is 452 g/mol. The summed E-state index contributed by atoms with van der Waals surface area (Å²) in [5.41, 5.74) is -0.0230. The molecule has 2 aliphatic rings. The molecule has 140 valence electrons. The molecule has 7 heteroatoms. The minimum Gasteiger partial charge on any atom is -0.396 e. The van der Waals surface area contributed by atoms with E-state index in [1.165, 1.54) is 0 Å². The van der Waals surface area contributed by atoms with Crippen LogP contribution < -0.4 is 10.6 Å². The molecule has 1 unspecified atom stereocenters. The SMILES string of the molecule is CCC(CC)(CO)CNC(=NC)N1CCCC2(CNC(=O)C2)C1.I. The van der Waals surface area contributed by atoms with E-state index in [0.29, 0.717) is 6.42 Å². The predicted molar refractivity (Wildman–Crippen MR) is 108 cm³/mol. The molecule has 0 aliphatic carbocycles. The topological polar surface area (TPSA) is 77.0 Å². The third kappa shape index (κ3) is 4.74. The fourth-order valence-corrected chi connectivity index (χ4v) is 3.81. The zero-order valence-electron chi connectivity index (χ0n) is 15.2. The Hall–Kier alpha value is -0.570. The molecule has 1 atom stereocenters. The van der Waals surface area contributed by atoms with Gasteiger partial charge in [-0.1, -0.05) is 13.8 Å². The Balaban J connectivity index is 0.00000288. The van der Waals surface area contributed by atoms with Crippen LogP contribution in [-0.2, 0) is 4.79 Å². The van der Waals surface area contributed by atoms with Crippen LogP contribution in [0.1, 0.15) is 46.0 Å². The highest BCUT2D eigenvalue weighted by molar-refractivity contribution is 14.0. The van der Waals surface area contributed by atoms with E-state index in [1.807, 2.05) is 0 Å². The highest BCUT2D eigenvalue weighted by atomic mass is 127. The standard InChI is InChI=1S/C17H32N4O2.HI/c1-4-16(5-2,13-22)10-20-15(18-3)21-8-6-7-17(12-21)9-14(23)19-11-17;/h22H,4-13H2,1-3H3,(H,18,20)(H,19,23);1H. The van der Waals surface area contributed by atoms with Gasteiger partial charge in [0.2, 0.25) is 5.91 Å². The molecule has 24 heavy (non-hydrogen) atoms. The largest absolute Gasteiger partial charge is 0.396 e. The number of carbonyl (C=O) groups is 1. The quantitative estimate of drug-likeness (QED) is 0.337. The van der Waals surface area contributed by atoms with Gasteiger partial charge in [-0.25, -0.2) is 0 Å². The highest BCUT2D eigenvalue weighted by Crippen LogP contribution is 2.36. The first-order valence-corrected chi connectivity index (χ1v) is 8.85. The lowest BCUT2D eigenvalue weighted by Gasteiger charge is -2.41. The number of nitrogens with zero attached hydrogens (tertiary/aromatic N) is 2. The zero-order valence-corrected chi connectivity index (χ0v) is 17.6. The number of hydrogen-bond donors (Lipinski definition) is 3. The summed E-state index contributed by atoms with van der Waals surface area (Å²) >= 11 is 0. The second kappa shape index (κ2) is 9.22. The Bertz CT molecular complexity index is 446. The van der Waals surface area contributed by atoms with Crippen LogP contribution in [0.5, 0.6) is 0 Å². The summed E-state index contributed by atoms with van der Waals surface area (Å²) in [6, 6.07) is 0. The minimum atomic E-state index is -0.0890. The third-order valence-electron chi connectivity index (χ3n) is 5.83. The third-order valence-corrected chi connectivity index (χ3v) is 5.83. The van der Waals surface area contributed by atoms with Gasteiger partial charge in [-0.05, 0) is 25.7 Å². The van der Waals surface area contributed by atoms with E-state index in [0.717, 1.165) is 57.8 Å². The maximum atomic E-state index is 11.6. The van der Waals surface area contributed by atoms with E-state index in [4.69, 9.17) is 0 Å². The molecule has 2 rings (SSSR count). The fraction of sp³-hybridized carbons (Fsp3) is 0.882. The molecular weight excluding hydrogens is 419 g/mol. The summed E-state index contributed by atoms with van der Waals surface area (Å²) in [6.45, 7) is 7.78. The van der Waals surface area contributed by atoms with E-state index in [1.54, 1.807) is 7.05 Å². The summed E-state index contributed by atoms with van der Waals surface area (Å²) in [7, 11) is 1.81. The van der Waals surface area contributed by atoms with Gasteiger partial charge >= 0.3 is 0 Å². The van der Waals surface area contributed by atoms with Gasteiger partial charge in [-0.2, -0.15) is 0 Å². The number of carbonyl (C=O) groups excluding carboxylic acids is 1. The smallest absolute Gasteiger partial charge is 0.220 e.